The second kappa shape index (κ2) is 12.1. The Balaban J connectivity index is 1.44. The monoisotopic (exact) mass is 554 g/mol. The Morgan fingerprint density at radius 2 is 1.56 bits per heavy atom. The highest BCUT2D eigenvalue weighted by Crippen LogP contribution is 2.28. The SMILES string of the molecule is CCCn1c(=O)c2[nH]c(-c3ccc(OC(C(=O)Nc4ccc(F)cc4)c4ccccc4)cc3)cc2n(CCC)c1=O. The summed E-state index contributed by atoms with van der Waals surface area (Å²) in [5.74, 6) is -0.338. The summed E-state index contributed by atoms with van der Waals surface area (Å²) >= 11 is 0. The van der Waals surface area contributed by atoms with Crippen LogP contribution in [0.2, 0.25) is 0 Å². The van der Waals surface area contributed by atoms with Crippen molar-refractivity contribution in [2.45, 2.75) is 45.9 Å². The van der Waals surface area contributed by atoms with Crippen LogP contribution in [-0.4, -0.2) is 20.0 Å². The number of nitrogens with zero attached hydrogens (tertiary/aromatic N) is 2. The highest BCUT2D eigenvalue weighted by molar-refractivity contribution is 5.95. The minimum atomic E-state index is -0.958. The third kappa shape index (κ3) is 5.84. The molecule has 9 heteroatoms. The van der Waals surface area contributed by atoms with E-state index in [0.717, 1.165) is 12.0 Å². The molecule has 0 saturated carbocycles. The number of carbonyl (C=O) groups excluding carboxylic acids is 1. The van der Waals surface area contributed by atoms with Gasteiger partial charge < -0.3 is 15.0 Å². The molecule has 0 aliphatic carbocycles. The van der Waals surface area contributed by atoms with Crippen LogP contribution in [0.3, 0.4) is 0 Å². The number of nitrogens with one attached hydrogen (secondary N) is 2. The molecule has 0 fully saturated rings. The van der Waals surface area contributed by atoms with Crippen molar-refractivity contribution in [1.82, 2.24) is 14.1 Å². The normalized spacial score (nSPS) is 11.9. The van der Waals surface area contributed by atoms with Gasteiger partial charge in [-0.25, -0.2) is 9.18 Å². The number of fused-ring (bicyclic) bond motifs is 1. The van der Waals surface area contributed by atoms with Crippen LogP contribution in [-0.2, 0) is 17.9 Å². The Morgan fingerprint density at radius 3 is 2.22 bits per heavy atom. The van der Waals surface area contributed by atoms with Crippen molar-refractivity contribution in [2.24, 2.45) is 0 Å². The predicted octanol–water partition coefficient (Wildman–Crippen LogP) is 5.88. The maximum Gasteiger partial charge on any atom is 0.331 e. The van der Waals surface area contributed by atoms with Crippen LogP contribution in [0.4, 0.5) is 10.1 Å². The zero-order valence-corrected chi connectivity index (χ0v) is 22.9. The third-order valence-electron chi connectivity index (χ3n) is 6.77. The van der Waals surface area contributed by atoms with Crippen molar-refractivity contribution in [1.29, 1.82) is 0 Å². The topological polar surface area (TPSA) is 98.1 Å². The molecular weight excluding hydrogens is 523 g/mol. The van der Waals surface area contributed by atoms with Gasteiger partial charge >= 0.3 is 5.69 Å². The van der Waals surface area contributed by atoms with Gasteiger partial charge in [0.15, 0.2) is 0 Å². The molecule has 1 unspecified atom stereocenters. The van der Waals surface area contributed by atoms with E-state index in [9.17, 15) is 18.8 Å². The lowest BCUT2D eigenvalue weighted by Crippen LogP contribution is -2.39. The first kappa shape index (κ1) is 27.6. The van der Waals surface area contributed by atoms with Crippen LogP contribution in [0, 0.1) is 5.82 Å². The summed E-state index contributed by atoms with van der Waals surface area (Å²) in [6.07, 6.45) is 0.470. The van der Waals surface area contributed by atoms with Crippen molar-refractivity contribution in [3.05, 3.63) is 117 Å². The Bertz CT molecular complexity index is 1770. The molecule has 41 heavy (non-hydrogen) atoms. The number of aromatic nitrogens is 3. The second-order valence-corrected chi connectivity index (χ2v) is 9.76. The molecular formula is C32H31FN4O4. The molecule has 8 nitrogen and oxygen atoms in total. The van der Waals surface area contributed by atoms with E-state index in [1.807, 2.05) is 50.2 Å². The molecule has 0 spiro atoms. The van der Waals surface area contributed by atoms with Crippen LogP contribution in [0.1, 0.15) is 38.4 Å². The number of anilines is 1. The highest BCUT2D eigenvalue weighted by Gasteiger charge is 2.23. The minimum absolute atomic E-state index is 0.300. The lowest BCUT2D eigenvalue weighted by atomic mass is 10.1. The molecule has 3 aromatic carbocycles. The lowest BCUT2D eigenvalue weighted by Gasteiger charge is -2.19. The highest BCUT2D eigenvalue weighted by atomic mass is 19.1. The molecule has 2 N–H and O–H groups in total. The fourth-order valence-corrected chi connectivity index (χ4v) is 4.80. The Kier molecular flexibility index (Phi) is 8.14. The molecule has 2 aromatic heterocycles. The summed E-state index contributed by atoms with van der Waals surface area (Å²) in [7, 11) is 0. The van der Waals surface area contributed by atoms with E-state index < -0.39 is 17.8 Å². The van der Waals surface area contributed by atoms with Crippen molar-refractivity contribution >= 4 is 22.6 Å². The Morgan fingerprint density at radius 1 is 0.902 bits per heavy atom. The molecule has 0 saturated heterocycles. The van der Waals surface area contributed by atoms with Crippen LogP contribution < -0.4 is 21.3 Å². The van der Waals surface area contributed by atoms with Crippen LogP contribution >= 0.6 is 0 Å². The quantitative estimate of drug-likeness (QED) is 0.225. The average molecular weight is 555 g/mol. The second-order valence-electron chi connectivity index (χ2n) is 9.76. The third-order valence-corrected chi connectivity index (χ3v) is 6.77. The van der Waals surface area contributed by atoms with Gasteiger partial charge in [0.2, 0.25) is 6.10 Å². The van der Waals surface area contributed by atoms with Crippen molar-refractivity contribution < 1.29 is 13.9 Å². The number of hydrogen-bond donors (Lipinski definition) is 2. The molecule has 210 valence electrons. The summed E-state index contributed by atoms with van der Waals surface area (Å²) in [6, 6.07) is 23.6. The predicted molar refractivity (Wildman–Crippen MR) is 158 cm³/mol. The molecule has 0 bridgehead atoms. The number of benzene rings is 3. The van der Waals surface area contributed by atoms with E-state index in [1.54, 1.807) is 28.8 Å². The molecule has 1 atom stereocenters. The summed E-state index contributed by atoms with van der Waals surface area (Å²) in [5, 5.41) is 2.78. The van der Waals surface area contributed by atoms with E-state index in [2.05, 4.69) is 10.3 Å². The van der Waals surface area contributed by atoms with E-state index in [0.29, 0.717) is 53.2 Å². The maximum atomic E-state index is 13.3. The molecule has 2 heterocycles. The van der Waals surface area contributed by atoms with Gasteiger partial charge in [-0.2, -0.15) is 0 Å². The minimum Gasteiger partial charge on any atom is -0.476 e. The van der Waals surface area contributed by atoms with E-state index in [4.69, 9.17) is 4.74 Å². The van der Waals surface area contributed by atoms with E-state index >= 15 is 0 Å². The lowest BCUT2D eigenvalue weighted by molar-refractivity contribution is -0.123. The van der Waals surface area contributed by atoms with Crippen LogP contribution in [0.5, 0.6) is 5.75 Å². The van der Waals surface area contributed by atoms with Crippen LogP contribution in [0.25, 0.3) is 22.3 Å². The first-order valence-corrected chi connectivity index (χ1v) is 13.6. The molecule has 5 aromatic rings. The standard InChI is InChI=1S/C32H31FN4O4/c1-3-18-36-27-20-26(35-28(27)31(39)37(19-4-2)32(36)40)21-10-16-25(17-11-21)41-29(22-8-6-5-7-9-22)30(38)34-24-14-12-23(33)13-15-24/h5-17,20,29,35H,3-4,18-19H2,1-2H3,(H,34,38). The molecule has 0 radical (unpaired) electrons. The summed E-state index contributed by atoms with van der Waals surface area (Å²) < 4.78 is 22.4. The number of carbonyl (C=O) groups is 1. The summed E-state index contributed by atoms with van der Waals surface area (Å²) in [6.45, 7) is 4.78. The van der Waals surface area contributed by atoms with Crippen molar-refractivity contribution in [3.8, 4) is 17.0 Å². The summed E-state index contributed by atoms with van der Waals surface area (Å²) in [5.41, 5.74) is 2.93. The number of aromatic amines is 1. The van der Waals surface area contributed by atoms with Gasteiger partial charge in [0.25, 0.3) is 11.5 Å². The van der Waals surface area contributed by atoms with Gasteiger partial charge in [-0.15, -0.1) is 0 Å². The molecule has 5 rings (SSSR count). The number of rotatable bonds is 10. The first-order chi connectivity index (χ1) is 19.9. The maximum absolute atomic E-state index is 13.3. The largest absolute Gasteiger partial charge is 0.476 e. The smallest absolute Gasteiger partial charge is 0.331 e. The fraction of sp³-hybridized carbons (Fsp3) is 0.219. The van der Waals surface area contributed by atoms with Gasteiger partial charge in [0.05, 0.1) is 5.52 Å². The van der Waals surface area contributed by atoms with Crippen molar-refractivity contribution in [3.63, 3.8) is 0 Å². The fourth-order valence-electron chi connectivity index (χ4n) is 4.80. The van der Waals surface area contributed by atoms with Gasteiger partial charge in [-0.1, -0.05) is 44.2 Å². The number of amides is 1. The molecule has 0 aliphatic heterocycles. The van der Waals surface area contributed by atoms with Crippen molar-refractivity contribution in [2.75, 3.05) is 5.32 Å². The number of halogens is 1. The zero-order chi connectivity index (χ0) is 28.9. The summed E-state index contributed by atoms with van der Waals surface area (Å²) in [4.78, 5) is 42.6. The Hall–Kier alpha value is -4.92. The van der Waals surface area contributed by atoms with Gasteiger partial charge in [-0.3, -0.25) is 18.7 Å². The van der Waals surface area contributed by atoms with Gasteiger partial charge in [0.1, 0.15) is 17.1 Å². The average Bonchev–Trinajstić information content (AvgIpc) is 3.44. The van der Waals surface area contributed by atoms with Gasteiger partial charge in [-0.05, 0) is 73.0 Å². The Labute approximate surface area is 236 Å². The van der Waals surface area contributed by atoms with Gasteiger partial charge in [0, 0.05) is 30.0 Å². The van der Waals surface area contributed by atoms with Crippen LogP contribution in [0.15, 0.2) is 94.5 Å². The number of aryl methyl sites for hydroxylation is 1. The van der Waals surface area contributed by atoms with E-state index in [-0.39, 0.29) is 11.2 Å². The molecule has 1 amide bonds. The number of hydrogen-bond acceptors (Lipinski definition) is 4. The number of H-pyrrole nitrogens is 1. The first-order valence-electron chi connectivity index (χ1n) is 13.6. The zero-order valence-electron chi connectivity index (χ0n) is 22.9. The van der Waals surface area contributed by atoms with E-state index in [1.165, 1.54) is 28.8 Å². The number of ether oxygens (including phenoxy) is 1. The molecule has 0 aliphatic rings.